The molecule has 0 N–H and O–H groups in total. The number of methoxy groups -OCH3 is 1. The molecule has 0 bridgehead atoms. The number of rotatable bonds is 5. The molecule has 0 unspecified atom stereocenters. The quantitative estimate of drug-likeness (QED) is 0.123. The lowest BCUT2D eigenvalue weighted by Gasteiger charge is -2.24. The van der Waals surface area contributed by atoms with E-state index in [1.54, 1.807) is 6.92 Å². The fraction of sp³-hybridized carbons (Fsp3) is 0.152. The number of fused-ring (bicyclic) bond motifs is 1. The van der Waals surface area contributed by atoms with Crippen molar-refractivity contribution in [2.24, 2.45) is 0 Å². The van der Waals surface area contributed by atoms with Crippen LogP contribution in [0.25, 0.3) is 16.3 Å². The van der Waals surface area contributed by atoms with Gasteiger partial charge in [-0.25, -0.2) is 35.1 Å². The lowest BCUT2D eigenvalue weighted by molar-refractivity contribution is -0.229. The first-order chi connectivity index (χ1) is 21.2. The highest BCUT2D eigenvalue weighted by molar-refractivity contribution is 5.88. The van der Waals surface area contributed by atoms with E-state index < -0.39 is 86.7 Å². The Morgan fingerprint density at radius 3 is 2.04 bits per heavy atom. The van der Waals surface area contributed by atoms with Crippen LogP contribution in [0.2, 0.25) is 0 Å². The van der Waals surface area contributed by atoms with Crippen LogP contribution in [0.4, 0.5) is 43.9 Å². The highest BCUT2D eigenvalue weighted by atomic mass is 19.3. The van der Waals surface area contributed by atoms with Crippen molar-refractivity contribution in [3.63, 3.8) is 0 Å². The third-order valence-corrected chi connectivity index (χ3v) is 6.91. The topological polar surface area (TPSA) is 18.5 Å². The van der Waals surface area contributed by atoms with Gasteiger partial charge in [0, 0.05) is 18.1 Å². The van der Waals surface area contributed by atoms with Crippen LogP contribution in [-0.2, 0) is 10.8 Å². The van der Waals surface area contributed by atoms with Gasteiger partial charge in [0.15, 0.2) is 17.5 Å². The number of hydrogen-bond acceptors (Lipinski definition) is 2. The van der Waals surface area contributed by atoms with Crippen molar-refractivity contribution in [3.8, 4) is 17.6 Å². The molecule has 232 valence electrons. The average Bonchev–Trinajstić information content (AvgIpc) is 2.94. The van der Waals surface area contributed by atoms with Gasteiger partial charge in [0.1, 0.15) is 51.7 Å². The van der Waals surface area contributed by atoms with E-state index in [0.717, 1.165) is 12.1 Å². The summed E-state index contributed by atoms with van der Waals surface area (Å²) in [5.41, 5.74) is -2.37. The Morgan fingerprint density at radius 1 is 0.711 bits per heavy atom. The summed E-state index contributed by atoms with van der Waals surface area (Å²) in [6.45, 7) is 1.60. The summed E-state index contributed by atoms with van der Waals surface area (Å²) < 4.78 is 154. The Morgan fingerprint density at radius 2 is 1.40 bits per heavy atom. The minimum absolute atomic E-state index is 0.0478. The van der Waals surface area contributed by atoms with Crippen molar-refractivity contribution in [2.45, 2.75) is 25.9 Å². The molecule has 0 radical (unpaired) electrons. The molecule has 0 saturated heterocycles. The monoisotopic (exact) mass is 636 g/mol. The van der Waals surface area contributed by atoms with Crippen molar-refractivity contribution in [1.82, 2.24) is 0 Å². The molecule has 0 fully saturated rings. The van der Waals surface area contributed by atoms with Gasteiger partial charge in [-0.15, -0.1) is 0 Å². The van der Waals surface area contributed by atoms with Crippen molar-refractivity contribution in [2.75, 3.05) is 7.11 Å². The molecule has 12 heteroatoms. The smallest absolute Gasteiger partial charge is 0.432 e. The predicted octanol–water partition coefficient (Wildman–Crippen LogP) is 9.65. The first kappa shape index (κ1) is 31.5. The van der Waals surface area contributed by atoms with Gasteiger partial charge < -0.3 is 9.47 Å². The third kappa shape index (κ3) is 6.07. The Kier molecular flexibility index (Phi) is 8.31. The zero-order valence-corrected chi connectivity index (χ0v) is 23.1. The zero-order valence-electron chi connectivity index (χ0n) is 23.1. The molecular weight excluding hydrogens is 618 g/mol. The van der Waals surface area contributed by atoms with Gasteiger partial charge in [-0.1, -0.05) is 11.8 Å². The van der Waals surface area contributed by atoms with Crippen molar-refractivity contribution < 1.29 is 53.4 Å². The van der Waals surface area contributed by atoms with E-state index in [4.69, 9.17) is 4.74 Å². The van der Waals surface area contributed by atoms with E-state index in [-0.39, 0.29) is 28.9 Å². The summed E-state index contributed by atoms with van der Waals surface area (Å²) in [5.74, 6) is -8.07. The number of benzene rings is 4. The molecule has 4 aromatic carbocycles. The molecule has 0 aliphatic heterocycles. The number of aryl methyl sites for hydroxylation is 1. The molecule has 0 heterocycles. The molecule has 2 nitrogen and oxygen atoms in total. The van der Waals surface area contributed by atoms with E-state index in [9.17, 15) is 39.5 Å². The van der Waals surface area contributed by atoms with E-state index in [2.05, 4.69) is 16.6 Å². The fourth-order valence-corrected chi connectivity index (χ4v) is 4.86. The Balaban J connectivity index is 1.42. The second-order valence-corrected chi connectivity index (χ2v) is 9.99. The molecule has 4 aromatic rings. The summed E-state index contributed by atoms with van der Waals surface area (Å²) in [6.07, 6.45) is -4.96. The molecule has 0 spiro atoms. The minimum atomic E-state index is -4.63. The Labute approximate surface area is 249 Å². The lowest BCUT2D eigenvalue weighted by Crippen LogP contribution is -2.22. The SMILES string of the molecule is COc1cc(C)cc(F)c1C#Cc1cc(F)c(C(F)(F)OC2=CC(F)=C(c3cc(F)c4c(F)c(F)c(F)cc4c3)CC2)c(F)c1. The largest absolute Gasteiger partial charge is 0.495 e. The molecule has 0 saturated carbocycles. The summed E-state index contributed by atoms with van der Waals surface area (Å²) in [6, 6.07) is 5.78. The van der Waals surface area contributed by atoms with Crippen LogP contribution in [0.3, 0.4) is 0 Å². The maximum absolute atomic E-state index is 15.0. The van der Waals surface area contributed by atoms with Gasteiger partial charge in [0.25, 0.3) is 0 Å². The molecule has 0 aromatic heterocycles. The second kappa shape index (κ2) is 11.9. The maximum atomic E-state index is 15.0. The molecule has 1 aliphatic carbocycles. The van der Waals surface area contributed by atoms with Gasteiger partial charge in [-0.05, 0) is 77.9 Å². The zero-order chi connectivity index (χ0) is 32.8. The molecule has 45 heavy (non-hydrogen) atoms. The summed E-state index contributed by atoms with van der Waals surface area (Å²) in [4.78, 5) is 0. The fourth-order valence-electron chi connectivity index (χ4n) is 4.86. The van der Waals surface area contributed by atoms with Crippen molar-refractivity contribution in [1.29, 1.82) is 0 Å². The third-order valence-electron chi connectivity index (χ3n) is 6.91. The van der Waals surface area contributed by atoms with Crippen LogP contribution in [0.5, 0.6) is 5.75 Å². The summed E-state index contributed by atoms with van der Waals surface area (Å²) >= 11 is 0. The first-order valence-electron chi connectivity index (χ1n) is 13.0. The van der Waals surface area contributed by atoms with Crippen LogP contribution in [0.15, 0.2) is 60.1 Å². The van der Waals surface area contributed by atoms with E-state index in [1.807, 2.05) is 0 Å². The molecule has 0 amide bonds. The predicted molar refractivity (Wildman–Crippen MR) is 144 cm³/mol. The number of halogens is 10. The normalized spacial score (nSPS) is 13.5. The first-order valence-corrected chi connectivity index (χ1v) is 13.0. The minimum Gasteiger partial charge on any atom is -0.495 e. The summed E-state index contributed by atoms with van der Waals surface area (Å²) in [5, 5.41) is -1.28. The highest BCUT2D eigenvalue weighted by Gasteiger charge is 2.42. The van der Waals surface area contributed by atoms with E-state index in [1.165, 1.54) is 13.2 Å². The van der Waals surface area contributed by atoms with Gasteiger partial charge in [0.2, 0.25) is 0 Å². The average molecular weight is 636 g/mol. The van der Waals surface area contributed by atoms with E-state index in [0.29, 0.717) is 35.9 Å². The molecule has 0 atom stereocenters. The Bertz CT molecular complexity index is 1980. The maximum Gasteiger partial charge on any atom is 0.432 e. The van der Waals surface area contributed by atoms with Gasteiger partial charge in [0.05, 0.1) is 12.5 Å². The van der Waals surface area contributed by atoms with Crippen molar-refractivity contribution >= 4 is 16.3 Å². The standard InChI is InChI=1S/C33H18F10O2/c1-15-7-22(34)21(28(8-15)44-2)5-3-16-9-25(37)30(26(38)10-16)33(42,43)45-19-4-6-20(23(35)14-19)17-11-18-13-27(39)31(40)32(41)29(18)24(36)12-17/h7-14H,4,6H2,1-2H3. The molecular formula is C33H18F10O2. The van der Waals surface area contributed by atoms with Crippen LogP contribution in [-0.4, -0.2) is 7.11 Å². The summed E-state index contributed by atoms with van der Waals surface area (Å²) in [7, 11) is 1.26. The van der Waals surface area contributed by atoms with Crippen molar-refractivity contribution in [3.05, 3.63) is 129 Å². The van der Waals surface area contributed by atoms with Crippen LogP contribution in [0, 0.1) is 59.5 Å². The van der Waals surface area contributed by atoms with Crippen LogP contribution < -0.4 is 4.74 Å². The Hall–Kier alpha value is -4.92. The number of ether oxygens (including phenoxy) is 2. The van der Waals surface area contributed by atoms with Gasteiger partial charge in [-0.3, -0.25) is 0 Å². The van der Waals surface area contributed by atoms with Gasteiger partial charge in [-0.2, -0.15) is 8.78 Å². The number of allylic oxidation sites excluding steroid dienone is 4. The van der Waals surface area contributed by atoms with E-state index >= 15 is 4.39 Å². The highest BCUT2D eigenvalue weighted by Crippen LogP contribution is 2.41. The number of hydrogen-bond donors (Lipinski definition) is 0. The molecule has 1 aliphatic rings. The molecule has 5 rings (SSSR count). The van der Waals surface area contributed by atoms with Gasteiger partial charge >= 0.3 is 6.11 Å². The second-order valence-electron chi connectivity index (χ2n) is 9.99. The van der Waals surface area contributed by atoms with Crippen LogP contribution in [0.1, 0.15) is 40.7 Å². The number of alkyl halides is 2. The van der Waals surface area contributed by atoms with Crippen LogP contribution >= 0.6 is 0 Å². The lowest BCUT2D eigenvalue weighted by atomic mass is 9.93.